The molecule has 7 heteroatoms. The molecule has 0 aliphatic carbocycles. The highest BCUT2D eigenvalue weighted by molar-refractivity contribution is 7.80. The summed E-state index contributed by atoms with van der Waals surface area (Å²) in [4.78, 5) is 1.04. The van der Waals surface area contributed by atoms with Gasteiger partial charge in [0.2, 0.25) is 0 Å². The lowest BCUT2D eigenvalue weighted by molar-refractivity contribution is 1.16. The van der Waals surface area contributed by atoms with Crippen molar-refractivity contribution < 1.29 is 0 Å². The first-order valence-electron chi connectivity index (χ1n) is 6.42. The van der Waals surface area contributed by atoms with Crippen molar-refractivity contribution in [1.29, 1.82) is 0 Å². The van der Waals surface area contributed by atoms with Crippen LogP contribution in [0, 0.1) is 0 Å². The van der Waals surface area contributed by atoms with E-state index in [2.05, 4.69) is 20.2 Å². The fraction of sp³-hybridized carbons (Fsp3) is 0. The number of nitrogens with zero attached hydrogens (tertiary/aromatic N) is 2. The minimum absolute atomic E-state index is 0.523. The molecule has 22 heavy (non-hydrogen) atoms. The molecule has 3 rings (SSSR count). The quantitative estimate of drug-likeness (QED) is 0.675. The molecule has 1 heterocycles. The zero-order chi connectivity index (χ0) is 15.4. The summed E-state index contributed by atoms with van der Waals surface area (Å²) in [6, 6.07) is 15.3. The van der Waals surface area contributed by atoms with Gasteiger partial charge in [-0.1, -0.05) is 28.2 Å². The minimum atomic E-state index is 0.523. The van der Waals surface area contributed by atoms with E-state index in [1.807, 2.05) is 48.5 Å². The molecule has 0 unspecified atom stereocenters. The van der Waals surface area contributed by atoms with Crippen LogP contribution in [0.4, 0.5) is 11.4 Å². The van der Waals surface area contributed by atoms with Gasteiger partial charge in [0.25, 0.3) is 0 Å². The third-order valence-electron chi connectivity index (χ3n) is 2.89. The molecule has 110 valence electrons. The Morgan fingerprint density at radius 2 is 1.55 bits per heavy atom. The summed E-state index contributed by atoms with van der Waals surface area (Å²) in [5, 5.41) is 11.3. The second kappa shape index (κ2) is 6.83. The Hall–Kier alpha value is -2.02. The van der Waals surface area contributed by atoms with Crippen molar-refractivity contribution >= 4 is 51.8 Å². The van der Waals surface area contributed by atoms with Crippen molar-refractivity contribution in [2.24, 2.45) is 0 Å². The highest BCUT2D eigenvalue weighted by Crippen LogP contribution is 2.23. The van der Waals surface area contributed by atoms with Crippen LogP contribution < -0.4 is 10.6 Å². The Kier molecular flexibility index (Phi) is 4.62. The number of hydrogen-bond donors (Lipinski definition) is 2. The maximum absolute atomic E-state index is 5.85. The molecule has 0 fully saturated rings. The predicted molar refractivity (Wildman–Crippen MR) is 96.6 cm³/mol. The van der Waals surface area contributed by atoms with Gasteiger partial charge in [-0.3, -0.25) is 0 Å². The molecule has 0 amide bonds. The lowest BCUT2D eigenvalue weighted by atomic mass is 10.2. The predicted octanol–water partition coefficient (Wildman–Crippen LogP) is 4.67. The van der Waals surface area contributed by atoms with Crippen LogP contribution in [0.5, 0.6) is 0 Å². The molecule has 0 atom stereocenters. The van der Waals surface area contributed by atoms with E-state index in [-0.39, 0.29) is 0 Å². The van der Waals surface area contributed by atoms with E-state index in [1.54, 1.807) is 6.20 Å². The lowest BCUT2D eigenvalue weighted by Gasteiger charge is -2.11. The molecule has 2 N–H and O–H groups in total. The average Bonchev–Trinajstić information content (AvgIpc) is 3.05. The average molecular weight is 347 g/mol. The summed E-state index contributed by atoms with van der Waals surface area (Å²) in [5.41, 5.74) is 2.87. The van der Waals surface area contributed by atoms with E-state index in [0.29, 0.717) is 10.1 Å². The van der Waals surface area contributed by atoms with E-state index in [0.717, 1.165) is 21.8 Å². The molecule has 0 aliphatic heterocycles. The summed E-state index contributed by atoms with van der Waals surface area (Å²) >= 11 is 12.5. The van der Waals surface area contributed by atoms with Crippen LogP contribution in [0.2, 0.25) is 5.02 Å². The molecule has 2 aromatic carbocycles. The number of benzene rings is 2. The standard InChI is InChI=1S/C15H11ClN4S2/c16-11-3-7-13(8-4-11)19-15(21)18-12-5-1-10(2-6-12)14-9-17-20-22-14/h1-9H,(H2,18,19,21). The van der Waals surface area contributed by atoms with E-state index in [9.17, 15) is 0 Å². The van der Waals surface area contributed by atoms with Gasteiger partial charge in [0.1, 0.15) is 0 Å². The van der Waals surface area contributed by atoms with Gasteiger partial charge in [0, 0.05) is 16.4 Å². The normalized spacial score (nSPS) is 10.2. The van der Waals surface area contributed by atoms with Crippen LogP contribution in [-0.2, 0) is 0 Å². The highest BCUT2D eigenvalue weighted by atomic mass is 35.5. The molecule has 4 nitrogen and oxygen atoms in total. The molecule has 0 saturated carbocycles. The third-order valence-corrected chi connectivity index (χ3v) is 4.06. The molecule has 3 aromatic rings. The number of rotatable bonds is 3. The van der Waals surface area contributed by atoms with Gasteiger partial charge in [-0.15, -0.1) is 5.10 Å². The maximum Gasteiger partial charge on any atom is 0.175 e. The van der Waals surface area contributed by atoms with Crippen LogP contribution in [-0.4, -0.2) is 14.7 Å². The third kappa shape index (κ3) is 3.79. The summed E-state index contributed by atoms with van der Waals surface area (Å²) in [5.74, 6) is 0. The smallest absolute Gasteiger partial charge is 0.175 e. The zero-order valence-corrected chi connectivity index (χ0v) is 13.7. The Bertz CT molecular complexity index is 755. The van der Waals surface area contributed by atoms with E-state index < -0.39 is 0 Å². The summed E-state index contributed by atoms with van der Waals surface area (Å²) in [6.45, 7) is 0. The van der Waals surface area contributed by atoms with Crippen LogP contribution in [0.25, 0.3) is 10.4 Å². The number of nitrogens with one attached hydrogen (secondary N) is 2. The molecule has 0 bridgehead atoms. The first-order valence-corrected chi connectivity index (χ1v) is 7.98. The zero-order valence-electron chi connectivity index (χ0n) is 11.3. The SMILES string of the molecule is S=C(Nc1ccc(Cl)cc1)Nc1ccc(-c2cnns2)cc1. The molecular weight excluding hydrogens is 336 g/mol. The van der Waals surface area contributed by atoms with Crippen molar-refractivity contribution in [3.63, 3.8) is 0 Å². The van der Waals surface area contributed by atoms with Gasteiger partial charge in [-0.25, -0.2) is 0 Å². The summed E-state index contributed by atoms with van der Waals surface area (Å²) in [7, 11) is 0. The van der Waals surface area contributed by atoms with Crippen molar-refractivity contribution in [2.45, 2.75) is 0 Å². The monoisotopic (exact) mass is 346 g/mol. The van der Waals surface area contributed by atoms with Gasteiger partial charge in [0.15, 0.2) is 5.11 Å². The summed E-state index contributed by atoms with van der Waals surface area (Å²) in [6.07, 6.45) is 1.75. The Balaban J connectivity index is 1.63. The van der Waals surface area contributed by atoms with Crippen molar-refractivity contribution in [1.82, 2.24) is 9.59 Å². The maximum atomic E-state index is 5.85. The Morgan fingerprint density at radius 3 is 2.09 bits per heavy atom. The van der Waals surface area contributed by atoms with Gasteiger partial charge >= 0.3 is 0 Å². The van der Waals surface area contributed by atoms with Crippen molar-refractivity contribution in [3.05, 3.63) is 59.8 Å². The fourth-order valence-corrected chi connectivity index (χ4v) is 2.72. The second-order valence-electron chi connectivity index (χ2n) is 4.45. The van der Waals surface area contributed by atoms with Crippen LogP contribution >= 0.6 is 35.4 Å². The van der Waals surface area contributed by atoms with Crippen LogP contribution in [0.15, 0.2) is 54.7 Å². The van der Waals surface area contributed by atoms with Crippen LogP contribution in [0.3, 0.4) is 0 Å². The molecule has 0 radical (unpaired) electrons. The number of thiocarbonyl (C=S) groups is 1. The number of anilines is 2. The van der Waals surface area contributed by atoms with E-state index in [4.69, 9.17) is 23.8 Å². The Morgan fingerprint density at radius 1 is 0.955 bits per heavy atom. The molecule has 0 saturated heterocycles. The number of aromatic nitrogens is 2. The fourth-order valence-electron chi connectivity index (χ4n) is 1.84. The molecule has 1 aromatic heterocycles. The molecular formula is C15H11ClN4S2. The van der Waals surface area contributed by atoms with Crippen molar-refractivity contribution in [2.75, 3.05) is 10.6 Å². The van der Waals surface area contributed by atoms with Gasteiger partial charge in [0.05, 0.1) is 11.1 Å². The van der Waals surface area contributed by atoms with Gasteiger partial charge < -0.3 is 10.6 Å². The van der Waals surface area contributed by atoms with E-state index in [1.165, 1.54) is 11.5 Å². The van der Waals surface area contributed by atoms with E-state index >= 15 is 0 Å². The minimum Gasteiger partial charge on any atom is -0.332 e. The number of hydrogen-bond acceptors (Lipinski definition) is 4. The first kappa shape index (κ1) is 14.9. The largest absolute Gasteiger partial charge is 0.332 e. The first-order chi connectivity index (χ1) is 10.7. The van der Waals surface area contributed by atoms with Gasteiger partial charge in [-0.2, -0.15) is 0 Å². The number of halogens is 1. The molecule has 0 aliphatic rings. The summed E-state index contributed by atoms with van der Waals surface area (Å²) < 4.78 is 3.86. The van der Waals surface area contributed by atoms with Gasteiger partial charge in [-0.05, 0) is 65.7 Å². The Labute approximate surface area is 142 Å². The van der Waals surface area contributed by atoms with Crippen molar-refractivity contribution in [3.8, 4) is 10.4 Å². The highest BCUT2D eigenvalue weighted by Gasteiger charge is 2.02. The van der Waals surface area contributed by atoms with Crippen LogP contribution in [0.1, 0.15) is 0 Å². The molecule has 0 spiro atoms. The topological polar surface area (TPSA) is 49.8 Å². The lowest BCUT2D eigenvalue weighted by Crippen LogP contribution is -2.18. The second-order valence-corrected chi connectivity index (χ2v) is 6.08.